The van der Waals surface area contributed by atoms with Crippen LogP contribution in [-0.4, -0.2) is 45.3 Å². The van der Waals surface area contributed by atoms with Crippen LogP contribution in [0.4, 0.5) is 0 Å². The van der Waals surface area contributed by atoms with Crippen molar-refractivity contribution in [3.05, 3.63) is 23.8 Å². The fourth-order valence-electron chi connectivity index (χ4n) is 3.21. The fraction of sp³-hybridized carbons (Fsp3) is 0.579. The van der Waals surface area contributed by atoms with E-state index in [2.05, 4.69) is 10.6 Å². The Hall–Kier alpha value is -2.28. The van der Waals surface area contributed by atoms with Crippen LogP contribution >= 0.6 is 0 Å². The molecule has 0 radical (unpaired) electrons. The van der Waals surface area contributed by atoms with Gasteiger partial charge in [-0.3, -0.25) is 9.59 Å². The van der Waals surface area contributed by atoms with Gasteiger partial charge in [0.15, 0.2) is 11.5 Å². The molecular weight excluding hydrogens is 336 g/mol. The summed E-state index contributed by atoms with van der Waals surface area (Å²) in [5.74, 6) is 0.819. The van der Waals surface area contributed by atoms with Gasteiger partial charge in [0.1, 0.15) is 5.41 Å². The minimum Gasteiger partial charge on any atom is -0.493 e. The molecule has 2 aliphatic rings. The maximum Gasteiger partial charge on any atom is 0.235 e. The van der Waals surface area contributed by atoms with Crippen molar-refractivity contribution in [1.82, 2.24) is 10.6 Å². The molecule has 142 valence electrons. The molecule has 1 unspecified atom stereocenters. The highest BCUT2D eigenvalue weighted by Gasteiger charge is 2.56. The zero-order valence-electron chi connectivity index (χ0n) is 15.3. The van der Waals surface area contributed by atoms with Crippen LogP contribution in [0.3, 0.4) is 0 Å². The van der Waals surface area contributed by atoms with Crippen molar-refractivity contribution in [3.8, 4) is 11.5 Å². The monoisotopic (exact) mass is 362 g/mol. The van der Waals surface area contributed by atoms with Crippen LogP contribution in [0.15, 0.2) is 18.2 Å². The molecule has 2 N–H and O–H groups in total. The predicted octanol–water partition coefficient (Wildman–Crippen LogP) is 1.40. The van der Waals surface area contributed by atoms with Gasteiger partial charge in [-0.05, 0) is 43.4 Å². The Balaban J connectivity index is 1.53. The van der Waals surface area contributed by atoms with E-state index >= 15 is 0 Å². The smallest absolute Gasteiger partial charge is 0.235 e. The van der Waals surface area contributed by atoms with Gasteiger partial charge in [0, 0.05) is 19.7 Å². The molecule has 2 amide bonds. The number of carbonyl (C=O) groups is 2. The maximum absolute atomic E-state index is 12.6. The van der Waals surface area contributed by atoms with Crippen LogP contribution in [0.2, 0.25) is 0 Å². The molecule has 2 fully saturated rings. The molecule has 1 saturated heterocycles. The second-order valence-electron chi connectivity index (χ2n) is 6.80. The quantitative estimate of drug-likeness (QED) is 0.683. The third-order valence-electron chi connectivity index (χ3n) is 5.03. The average molecular weight is 362 g/mol. The Morgan fingerprint density at radius 2 is 1.88 bits per heavy atom. The number of hydrogen-bond acceptors (Lipinski definition) is 5. The topological polar surface area (TPSA) is 85.9 Å². The highest BCUT2D eigenvalue weighted by molar-refractivity contribution is 6.07. The zero-order valence-corrected chi connectivity index (χ0v) is 15.3. The van der Waals surface area contributed by atoms with Crippen LogP contribution in [0.5, 0.6) is 11.5 Å². The van der Waals surface area contributed by atoms with E-state index in [1.54, 1.807) is 20.3 Å². The highest BCUT2D eigenvalue weighted by atomic mass is 16.5. The standard InChI is InChI=1S/C19H26N2O5/c1-24-15-6-5-13(10-16(15)25-2)11-20-17(22)19(7-8-19)18(23)21-12-14-4-3-9-26-14/h5-6,10,14H,3-4,7-9,11-12H2,1-2H3,(H,20,22)(H,21,23). The molecule has 1 aromatic carbocycles. The number of hydrogen-bond donors (Lipinski definition) is 2. The Morgan fingerprint density at radius 1 is 1.15 bits per heavy atom. The molecule has 7 nitrogen and oxygen atoms in total. The predicted molar refractivity (Wildman–Crippen MR) is 95.0 cm³/mol. The number of nitrogens with one attached hydrogen (secondary N) is 2. The van der Waals surface area contributed by atoms with Crippen LogP contribution in [0.1, 0.15) is 31.2 Å². The van der Waals surface area contributed by atoms with E-state index in [-0.39, 0.29) is 17.9 Å². The SMILES string of the molecule is COc1ccc(CNC(=O)C2(C(=O)NCC3CCCO3)CC2)cc1OC. The minimum absolute atomic E-state index is 0.0737. The van der Waals surface area contributed by atoms with Crippen LogP contribution in [0.25, 0.3) is 0 Å². The molecule has 1 aromatic rings. The summed E-state index contributed by atoms with van der Waals surface area (Å²) >= 11 is 0. The van der Waals surface area contributed by atoms with Crippen LogP contribution < -0.4 is 20.1 Å². The fourth-order valence-corrected chi connectivity index (χ4v) is 3.21. The Labute approximate surface area is 153 Å². The summed E-state index contributed by atoms with van der Waals surface area (Å²) < 4.78 is 16.0. The van der Waals surface area contributed by atoms with Gasteiger partial charge in [-0.25, -0.2) is 0 Å². The minimum atomic E-state index is -0.921. The number of benzene rings is 1. The van der Waals surface area contributed by atoms with Crippen molar-refractivity contribution in [3.63, 3.8) is 0 Å². The molecule has 1 atom stereocenters. The normalized spacial score (nSPS) is 20.3. The number of methoxy groups -OCH3 is 2. The molecule has 1 saturated carbocycles. The Morgan fingerprint density at radius 3 is 2.50 bits per heavy atom. The largest absolute Gasteiger partial charge is 0.493 e. The van der Waals surface area contributed by atoms with E-state index in [4.69, 9.17) is 14.2 Å². The van der Waals surface area contributed by atoms with E-state index in [0.717, 1.165) is 25.0 Å². The van der Waals surface area contributed by atoms with Gasteiger partial charge in [0.25, 0.3) is 0 Å². The summed E-state index contributed by atoms with van der Waals surface area (Å²) in [6.07, 6.45) is 3.23. The third kappa shape index (κ3) is 3.93. The van der Waals surface area contributed by atoms with E-state index in [0.29, 0.717) is 37.4 Å². The summed E-state index contributed by atoms with van der Waals surface area (Å²) in [4.78, 5) is 25.0. The lowest BCUT2D eigenvalue weighted by Crippen LogP contribution is -2.44. The summed E-state index contributed by atoms with van der Waals surface area (Å²) in [7, 11) is 3.14. The lowest BCUT2D eigenvalue weighted by molar-refractivity contribution is -0.137. The molecule has 0 spiro atoms. The van der Waals surface area contributed by atoms with Gasteiger partial charge in [-0.2, -0.15) is 0 Å². The van der Waals surface area contributed by atoms with E-state index in [1.165, 1.54) is 0 Å². The van der Waals surface area contributed by atoms with Gasteiger partial charge in [-0.15, -0.1) is 0 Å². The third-order valence-corrected chi connectivity index (χ3v) is 5.03. The summed E-state index contributed by atoms with van der Waals surface area (Å²) in [5.41, 5.74) is -0.0404. The summed E-state index contributed by atoms with van der Waals surface area (Å²) in [6.45, 7) is 1.56. The summed E-state index contributed by atoms with van der Waals surface area (Å²) in [6, 6.07) is 5.47. The first-order chi connectivity index (χ1) is 12.6. The first-order valence-corrected chi connectivity index (χ1v) is 8.98. The van der Waals surface area contributed by atoms with Gasteiger partial charge in [0.05, 0.1) is 20.3 Å². The molecular formula is C19H26N2O5. The summed E-state index contributed by atoms with van der Waals surface area (Å²) in [5, 5.41) is 5.75. The van der Waals surface area contributed by atoms with Gasteiger partial charge < -0.3 is 24.8 Å². The highest BCUT2D eigenvalue weighted by Crippen LogP contribution is 2.46. The number of rotatable bonds is 8. The second-order valence-corrected chi connectivity index (χ2v) is 6.80. The molecule has 0 bridgehead atoms. The molecule has 1 aliphatic carbocycles. The van der Waals surface area contributed by atoms with E-state index < -0.39 is 5.41 Å². The first-order valence-electron chi connectivity index (χ1n) is 8.98. The number of carbonyl (C=O) groups excluding carboxylic acids is 2. The van der Waals surface area contributed by atoms with E-state index in [1.807, 2.05) is 12.1 Å². The van der Waals surface area contributed by atoms with Gasteiger partial charge >= 0.3 is 0 Å². The average Bonchev–Trinajstić information content (AvgIpc) is 3.32. The van der Waals surface area contributed by atoms with E-state index in [9.17, 15) is 9.59 Å². The lowest BCUT2D eigenvalue weighted by atomic mass is 10.0. The number of ether oxygens (including phenoxy) is 3. The Bertz CT molecular complexity index is 666. The molecule has 1 heterocycles. The molecule has 3 rings (SSSR count). The van der Waals surface area contributed by atoms with Crippen LogP contribution in [0, 0.1) is 5.41 Å². The Kier molecular flexibility index (Phi) is 5.66. The van der Waals surface area contributed by atoms with Crippen molar-refractivity contribution in [2.45, 2.75) is 38.3 Å². The lowest BCUT2D eigenvalue weighted by Gasteiger charge is -2.17. The van der Waals surface area contributed by atoms with Gasteiger partial charge in [0.2, 0.25) is 11.8 Å². The van der Waals surface area contributed by atoms with Crippen molar-refractivity contribution < 1.29 is 23.8 Å². The second kappa shape index (κ2) is 7.95. The molecule has 7 heteroatoms. The van der Waals surface area contributed by atoms with Crippen molar-refractivity contribution in [2.24, 2.45) is 5.41 Å². The maximum atomic E-state index is 12.6. The zero-order chi connectivity index (χ0) is 18.6. The molecule has 26 heavy (non-hydrogen) atoms. The van der Waals surface area contributed by atoms with Gasteiger partial charge in [-0.1, -0.05) is 6.07 Å². The molecule has 0 aromatic heterocycles. The first kappa shape index (κ1) is 18.5. The van der Waals surface area contributed by atoms with Crippen molar-refractivity contribution in [1.29, 1.82) is 0 Å². The van der Waals surface area contributed by atoms with Crippen LogP contribution in [-0.2, 0) is 20.9 Å². The number of amides is 2. The van der Waals surface area contributed by atoms with Crippen molar-refractivity contribution in [2.75, 3.05) is 27.4 Å². The van der Waals surface area contributed by atoms with Crippen molar-refractivity contribution >= 4 is 11.8 Å². The molecule has 1 aliphatic heterocycles.